The number of aromatic nitrogens is 1. The van der Waals surface area contributed by atoms with Gasteiger partial charge >= 0.3 is 5.97 Å². The molecule has 0 aliphatic carbocycles. The number of aliphatic carboxylic acids is 1. The molecule has 1 unspecified atom stereocenters. The molecule has 1 amide bonds. The molecular weight excluding hydrogens is 268 g/mol. The summed E-state index contributed by atoms with van der Waals surface area (Å²) in [6.45, 7) is 0. The fourth-order valence-corrected chi connectivity index (χ4v) is 2.26. The van der Waals surface area contributed by atoms with Gasteiger partial charge in [-0.3, -0.25) is 9.78 Å². The Bertz CT molecular complexity index is 598. The first-order chi connectivity index (χ1) is 9.09. The third-order valence-corrected chi connectivity index (χ3v) is 3.33. The highest BCUT2D eigenvalue weighted by Crippen LogP contribution is 2.21. The zero-order valence-electron chi connectivity index (χ0n) is 9.61. The first-order valence-corrected chi connectivity index (χ1v) is 6.17. The van der Waals surface area contributed by atoms with Crippen molar-refractivity contribution in [3.63, 3.8) is 0 Å². The molecule has 98 valence electrons. The van der Waals surface area contributed by atoms with E-state index in [9.17, 15) is 14.7 Å². The molecule has 1 atom stereocenters. The van der Waals surface area contributed by atoms with Gasteiger partial charge in [0.05, 0.1) is 11.8 Å². The molecule has 6 nitrogen and oxygen atoms in total. The van der Waals surface area contributed by atoms with E-state index in [2.05, 4.69) is 10.3 Å². The van der Waals surface area contributed by atoms with E-state index < -0.39 is 17.9 Å². The van der Waals surface area contributed by atoms with Crippen molar-refractivity contribution in [2.75, 3.05) is 0 Å². The van der Waals surface area contributed by atoms with Gasteiger partial charge in [0.2, 0.25) is 0 Å². The number of hydrogen-bond donors (Lipinski definition) is 3. The fraction of sp³-hybridized carbons (Fsp3) is 0.0833. The monoisotopic (exact) mass is 278 g/mol. The topological polar surface area (TPSA) is 99.5 Å². The summed E-state index contributed by atoms with van der Waals surface area (Å²) in [6, 6.07) is 3.50. The van der Waals surface area contributed by atoms with Crippen molar-refractivity contribution in [1.29, 1.82) is 0 Å². The lowest BCUT2D eigenvalue weighted by Gasteiger charge is -2.13. The molecule has 2 aromatic heterocycles. The molecule has 0 saturated carbocycles. The van der Waals surface area contributed by atoms with Gasteiger partial charge in [0.1, 0.15) is 5.75 Å². The Labute approximate surface area is 112 Å². The number of nitrogens with zero attached hydrogens (tertiary/aromatic N) is 1. The number of amides is 1. The summed E-state index contributed by atoms with van der Waals surface area (Å²) in [7, 11) is 0. The Morgan fingerprint density at radius 3 is 2.74 bits per heavy atom. The Morgan fingerprint density at radius 2 is 2.16 bits per heavy atom. The lowest BCUT2D eigenvalue weighted by Crippen LogP contribution is -2.33. The Kier molecular flexibility index (Phi) is 3.76. The second kappa shape index (κ2) is 5.49. The number of carboxylic acid groups (broad SMARTS) is 1. The van der Waals surface area contributed by atoms with Gasteiger partial charge in [0.15, 0.2) is 6.04 Å². The first kappa shape index (κ1) is 13.0. The average Bonchev–Trinajstić information content (AvgIpc) is 2.89. The van der Waals surface area contributed by atoms with Crippen LogP contribution in [0.3, 0.4) is 0 Å². The van der Waals surface area contributed by atoms with Crippen LogP contribution in [0.2, 0.25) is 0 Å². The molecule has 0 bridgehead atoms. The average molecular weight is 278 g/mol. The van der Waals surface area contributed by atoms with E-state index in [-0.39, 0.29) is 11.3 Å². The van der Waals surface area contributed by atoms with Gasteiger partial charge < -0.3 is 15.5 Å². The van der Waals surface area contributed by atoms with Crippen LogP contribution < -0.4 is 5.32 Å². The summed E-state index contributed by atoms with van der Waals surface area (Å²) in [5.74, 6) is -2.12. The van der Waals surface area contributed by atoms with Crippen LogP contribution in [0.4, 0.5) is 0 Å². The predicted molar refractivity (Wildman–Crippen MR) is 68.1 cm³/mol. The number of rotatable bonds is 4. The van der Waals surface area contributed by atoms with Crippen molar-refractivity contribution in [1.82, 2.24) is 10.3 Å². The highest BCUT2D eigenvalue weighted by molar-refractivity contribution is 7.10. The lowest BCUT2D eigenvalue weighted by molar-refractivity contribution is -0.139. The van der Waals surface area contributed by atoms with Gasteiger partial charge in [-0.1, -0.05) is 6.07 Å². The standard InChI is InChI=1S/C12H10N2O4S/c15-8-6-13-4-3-7(8)11(16)14-10(12(17)18)9-2-1-5-19-9/h1-6,10,15H,(H,14,16)(H,17,18). The second-order valence-corrected chi connectivity index (χ2v) is 4.63. The SMILES string of the molecule is O=C(NC(C(=O)O)c1cccs1)c1ccncc1O. The summed E-state index contributed by atoms with van der Waals surface area (Å²) in [5.41, 5.74) is -0.0159. The predicted octanol–water partition coefficient (Wildman–Crippen LogP) is 1.40. The Balaban J connectivity index is 2.21. The maximum absolute atomic E-state index is 11.9. The van der Waals surface area contributed by atoms with Gasteiger partial charge in [0.25, 0.3) is 5.91 Å². The van der Waals surface area contributed by atoms with Gasteiger partial charge in [-0.05, 0) is 17.5 Å². The van der Waals surface area contributed by atoms with Crippen LogP contribution in [0.1, 0.15) is 21.3 Å². The highest BCUT2D eigenvalue weighted by atomic mass is 32.1. The minimum atomic E-state index is -1.16. The highest BCUT2D eigenvalue weighted by Gasteiger charge is 2.24. The number of carbonyl (C=O) groups is 2. The molecular formula is C12H10N2O4S. The number of carbonyl (C=O) groups excluding carboxylic acids is 1. The van der Waals surface area contributed by atoms with E-state index in [0.717, 1.165) is 6.20 Å². The lowest BCUT2D eigenvalue weighted by atomic mass is 10.2. The van der Waals surface area contributed by atoms with E-state index >= 15 is 0 Å². The maximum Gasteiger partial charge on any atom is 0.331 e. The summed E-state index contributed by atoms with van der Waals surface area (Å²) in [6.07, 6.45) is 2.46. The number of aromatic hydroxyl groups is 1. The van der Waals surface area contributed by atoms with Gasteiger partial charge in [-0.15, -0.1) is 11.3 Å². The van der Waals surface area contributed by atoms with Crippen LogP contribution in [-0.2, 0) is 4.79 Å². The van der Waals surface area contributed by atoms with Gasteiger partial charge in [0, 0.05) is 11.1 Å². The molecule has 2 rings (SSSR count). The second-order valence-electron chi connectivity index (χ2n) is 3.65. The fourth-order valence-electron chi connectivity index (χ4n) is 1.50. The number of thiophene rings is 1. The normalized spacial score (nSPS) is 11.8. The summed E-state index contributed by atoms with van der Waals surface area (Å²) >= 11 is 1.23. The molecule has 0 aliphatic rings. The molecule has 0 fully saturated rings. The minimum absolute atomic E-state index is 0.0159. The van der Waals surface area contributed by atoms with Crippen LogP contribution in [0, 0.1) is 0 Å². The van der Waals surface area contributed by atoms with Crippen molar-refractivity contribution in [3.8, 4) is 5.75 Å². The third-order valence-electron chi connectivity index (χ3n) is 2.39. The quantitative estimate of drug-likeness (QED) is 0.785. The summed E-state index contributed by atoms with van der Waals surface area (Å²) in [5, 5.41) is 22.7. The van der Waals surface area contributed by atoms with E-state index in [1.54, 1.807) is 17.5 Å². The third kappa shape index (κ3) is 2.89. The zero-order valence-corrected chi connectivity index (χ0v) is 10.4. The molecule has 0 saturated heterocycles. The number of hydrogen-bond acceptors (Lipinski definition) is 5. The van der Waals surface area contributed by atoms with E-state index in [1.165, 1.54) is 23.6 Å². The van der Waals surface area contributed by atoms with Crippen molar-refractivity contribution >= 4 is 23.2 Å². The van der Waals surface area contributed by atoms with Crippen molar-refractivity contribution in [3.05, 3.63) is 46.4 Å². The number of pyridine rings is 1. The van der Waals surface area contributed by atoms with E-state index in [4.69, 9.17) is 5.11 Å². The number of nitrogens with one attached hydrogen (secondary N) is 1. The molecule has 0 spiro atoms. The zero-order chi connectivity index (χ0) is 13.8. The smallest absolute Gasteiger partial charge is 0.331 e. The molecule has 0 aromatic carbocycles. The Morgan fingerprint density at radius 1 is 1.37 bits per heavy atom. The molecule has 0 aliphatic heterocycles. The van der Waals surface area contributed by atoms with E-state index in [0.29, 0.717) is 4.88 Å². The summed E-state index contributed by atoms with van der Waals surface area (Å²) < 4.78 is 0. The molecule has 0 radical (unpaired) electrons. The maximum atomic E-state index is 11.9. The van der Waals surface area contributed by atoms with Crippen LogP contribution in [0.25, 0.3) is 0 Å². The first-order valence-electron chi connectivity index (χ1n) is 5.29. The van der Waals surface area contributed by atoms with Crippen LogP contribution >= 0.6 is 11.3 Å². The summed E-state index contributed by atoms with van der Waals surface area (Å²) in [4.78, 5) is 27.2. The van der Waals surface area contributed by atoms with E-state index in [1.807, 2.05) is 0 Å². The molecule has 2 aromatic rings. The Hall–Kier alpha value is -2.41. The van der Waals surface area contributed by atoms with Gasteiger partial charge in [-0.2, -0.15) is 0 Å². The molecule has 2 heterocycles. The number of carboxylic acids is 1. The molecule has 3 N–H and O–H groups in total. The van der Waals surface area contributed by atoms with Crippen LogP contribution in [0.5, 0.6) is 5.75 Å². The van der Waals surface area contributed by atoms with Crippen molar-refractivity contribution in [2.24, 2.45) is 0 Å². The van der Waals surface area contributed by atoms with Crippen LogP contribution in [0.15, 0.2) is 36.0 Å². The molecule has 19 heavy (non-hydrogen) atoms. The van der Waals surface area contributed by atoms with Gasteiger partial charge in [-0.25, -0.2) is 4.79 Å². The van der Waals surface area contributed by atoms with Crippen molar-refractivity contribution in [2.45, 2.75) is 6.04 Å². The molecule has 7 heteroatoms. The van der Waals surface area contributed by atoms with Crippen molar-refractivity contribution < 1.29 is 19.8 Å². The largest absolute Gasteiger partial charge is 0.505 e. The van der Waals surface area contributed by atoms with Crippen LogP contribution in [-0.4, -0.2) is 27.1 Å². The minimum Gasteiger partial charge on any atom is -0.505 e.